The molecule has 1 aliphatic heterocycles. The Morgan fingerprint density at radius 2 is 1.78 bits per heavy atom. The number of carbonyl (C=O) groups is 1. The van der Waals surface area contributed by atoms with Crippen LogP contribution in [0, 0.1) is 3.57 Å². The number of allylic oxidation sites excluding steroid dienone is 1. The van der Waals surface area contributed by atoms with Gasteiger partial charge in [-0.1, -0.05) is 17.7 Å². The normalized spacial score (nSPS) is 16.9. The highest BCUT2D eigenvalue weighted by molar-refractivity contribution is 14.1. The summed E-state index contributed by atoms with van der Waals surface area (Å²) < 4.78 is 90.3. The Bertz CT molecular complexity index is 1230. The standard InChI is InChI=1S/C25H22F6INO4/c1-13-14(9-33-10-17(11-33)37-23(34)35)3-5-19-18(13)6-7-21(22(19)32)36-12-15-2-4-16(24(26,27)28)8-20(15)25(29,30)31/h2,4,6-8,17H,3,5,9-12H2,1H3,(H,34,35). The van der Waals surface area contributed by atoms with Crippen LogP contribution in [0.1, 0.15) is 41.2 Å². The quantitative estimate of drug-likeness (QED) is 0.209. The Hall–Kier alpha value is -2.48. The van der Waals surface area contributed by atoms with E-state index in [-0.39, 0.29) is 17.7 Å². The first-order valence-corrected chi connectivity index (χ1v) is 12.3. The van der Waals surface area contributed by atoms with Crippen LogP contribution in [0.3, 0.4) is 0 Å². The molecular formula is C25H22F6INO4. The van der Waals surface area contributed by atoms with Gasteiger partial charge in [-0.15, -0.1) is 0 Å². The molecule has 4 rings (SSSR count). The zero-order valence-electron chi connectivity index (χ0n) is 19.5. The van der Waals surface area contributed by atoms with Crippen molar-refractivity contribution in [3.05, 3.63) is 67.3 Å². The second-order valence-corrected chi connectivity index (χ2v) is 10.1. The predicted molar refractivity (Wildman–Crippen MR) is 130 cm³/mol. The highest BCUT2D eigenvalue weighted by Crippen LogP contribution is 2.40. The zero-order chi connectivity index (χ0) is 27.1. The van der Waals surface area contributed by atoms with Gasteiger partial charge in [0.1, 0.15) is 18.5 Å². The summed E-state index contributed by atoms with van der Waals surface area (Å²) in [7, 11) is 0. The van der Waals surface area contributed by atoms with Crippen LogP contribution in [0.2, 0.25) is 0 Å². The van der Waals surface area contributed by atoms with Gasteiger partial charge < -0.3 is 14.6 Å². The molecule has 0 bridgehead atoms. The molecule has 0 spiro atoms. The van der Waals surface area contributed by atoms with Crippen LogP contribution in [0.5, 0.6) is 5.75 Å². The molecule has 2 aliphatic rings. The molecule has 1 aliphatic carbocycles. The topological polar surface area (TPSA) is 59.0 Å². The van der Waals surface area contributed by atoms with Crippen molar-refractivity contribution in [1.29, 1.82) is 0 Å². The molecule has 0 amide bonds. The molecule has 200 valence electrons. The monoisotopic (exact) mass is 641 g/mol. The van der Waals surface area contributed by atoms with Crippen LogP contribution in [0.15, 0.2) is 35.9 Å². The molecule has 0 saturated carbocycles. The average molecular weight is 641 g/mol. The lowest BCUT2D eigenvalue weighted by atomic mass is 9.85. The van der Waals surface area contributed by atoms with Gasteiger partial charge in [0, 0.05) is 25.2 Å². The summed E-state index contributed by atoms with van der Waals surface area (Å²) in [6, 6.07) is 5.03. The number of hydrogen-bond donors (Lipinski definition) is 1. The summed E-state index contributed by atoms with van der Waals surface area (Å²) in [5.74, 6) is 0.361. The van der Waals surface area contributed by atoms with Crippen molar-refractivity contribution in [2.45, 2.75) is 44.8 Å². The van der Waals surface area contributed by atoms with Crippen molar-refractivity contribution in [1.82, 2.24) is 4.90 Å². The van der Waals surface area contributed by atoms with Crippen molar-refractivity contribution in [3.8, 4) is 5.75 Å². The molecule has 1 heterocycles. The molecule has 0 unspecified atom stereocenters. The third-order valence-corrected chi connectivity index (χ3v) is 7.73. The van der Waals surface area contributed by atoms with E-state index < -0.39 is 36.2 Å². The van der Waals surface area contributed by atoms with E-state index in [1.807, 2.05) is 13.0 Å². The minimum Gasteiger partial charge on any atom is -0.488 e. The molecule has 37 heavy (non-hydrogen) atoms. The van der Waals surface area contributed by atoms with E-state index in [0.717, 1.165) is 32.8 Å². The van der Waals surface area contributed by atoms with Gasteiger partial charge in [0.2, 0.25) is 0 Å². The number of likely N-dealkylation sites (tertiary alicyclic amines) is 1. The van der Waals surface area contributed by atoms with E-state index in [1.165, 1.54) is 5.57 Å². The maximum atomic E-state index is 13.5. The summed E-state index contributed by atoms with van der Waals surface area (Å²) in [6.07, 6.45) is -10.0. The Labute approximate surface area is 222 Å². The van der Waals surface area contributed by atoms with Gasteiger partial charge in [-0.2, -0.15) is 26.3 Å². The van der Waals surface area contributed by atoms with Crippen LogP contribution in [0.4, 0.5) is 31.1 Å². The number of alkyl halides is 6. The number of nitrogens with zero attached hydrogens (tertiary/aromatic N) is 1. The maximum Gasteiger partial charge on any atom is 0.506 e. The number of fused-ring (bicyclic) bond motifs is 1. The van der Waals surface area contributed by atoms with Gasteiger partial charge in [-0.05, 0) is 77.3 Å². The van der Waals surface area contributed by atoms with Gasteiger partial charge in [-0.25, -0.2) is 4.79 Å². The summed E-state index contributed by atoms with van der Waals surface area (Å²) in [4.78, 5) is 12.7. The second-order valence-electron chi connectivity index (χ2n) is 8.99. The van der Waals surface area contributed by atoms with Gasteiger partial charge in [0.15, 0.2) is 0 Å². The third kappa shape index (κ3) is 6.16. The van der Waals surface area contributed by atoms with Crippen molar-refractivity contribution < 1.29 is 45.7 Å². The van der Waals surface area contributed by atoms with E-state index in [9.17, 15) is 31.1 Å². The summed E-state index contributed by atoms with van der Waals surface area (Å²) in [5.41, 5.74) is 1.17. The molecule has 2 aromatic rings. The smallest absolute Gasteiger partial charge is 0.488 e. The number of benzene rings is 2. The van der Waals surface area contributed by atoms with Crippen LogP contribution in [-0.2, 0) is 30.1 Å². The molecule has 2 aromatic carbocycles. The highest BCUT2D eigenvalue weighted by Gasteiger charge is 2.38. The zero-order valence-corrected chi connectivity index (χ0v) is 21.6. The number of rotatable bonds is 6. The molecule has 1 N–H and O–H groups in total. The van der Waals surface area contributed by atoms with Crippen LogP contribution < -0.4 is 4.74 Å². The lowest BCUT2D eigenvalue weighted by molar-refractivity contribution is -0.143. The second kappa shape index (κ2) is 10.4. The lowest BCUT2D eigenvalue weighted by Crippen LogP contribution is -2.53. The van der Waals surface area contributed by atoms with Gasteiger partial charge >= 0.3 is 18.5 Å². The van der Waals surface area contributed by atoms with Gasteiger partial charge in [0.25, 0.3) is 0 Å². The van der Waals surface area contributed by atoms with Gasteiger partial charge in [0.05, 0.1) is 14.7 Å². The molecule has 1 saturated heterocycles. The molecule has 1 fully saturated rings. The summed E-state index contributed by atoms with van der Waals surface area (Å²) >= 11 is 2.08. The fourth-order valence-electron chi connectivity index (χ4n) is 4.60. The molecule has 12 heteroatoms. The largest absolute Gasteiger partial charge is 0.506 e. The first-order chi connectivity index (χ1) is 17.2. The fourth-order valence-corrected chi connectivity index (χ4v) is 5.49. The number of hydrogen-bond acceptors (Lipinski definition) is 4. The van der Waals surface area contributed by atoms with E-state index in [1.54, 1.807) is 6.07 Å². The maximum absolute atomic E-state index is 13.5. The minimum absolute atomic E-state index is 0.111. The molecule has 0 radical (unpaired) electrons. The lowest BCUT2D eigenvalue weighted by Gasteiger charge is -2.39. The Kier molecular flexibility index (Phi) is 7.71. The third-order valence-electron chi connectivity index (χ3n) is 6.55. The number of ether oxygens (including phenoxy) is 2. The minimum atomic E-state index is -4.96. The Balaban J connectivity index is 1.49. The van der Waals surface area contributed by atoms with E-state index in [0.29, 0.717) is 37.9 Å². The summed E-state index contributed by atoms with van der Waals surface area (Å²) in [5, 5.41) is 8.70. The SMILES string of the molecule is CC1=C(CN2CC(OC(=O)O)C2)CCc2c1ccc(OCc1ccc(C(F)(F)F)cc1C(F)(F)F)c2I. The van der Waals surface area contributed by atoms with Gasteiger partial charge in [-0.3, -0.25) is 4.90 Å². The van der Waals surface area contributed by atoms with Crippen molar-refractivity contribution in [3.63, 3.8) is 0 Å². The van der Waals surface area contributed by atoms with E-state index >= 15 is 0 Å². The molecule has 0 atom stereocenters. The van der Waals surface area contributed by atoms with Crippen molar-refractivity contribution in [2.75, 3.05) is 19.6 Å². The van der Waals surface area contributed by atoms with Crippen LogP contribution >= 0.6 is 22.6 Å². The number of halogens is 7. The predicted octanol–water partition coefficient (Wildman–Crippen LogP) is 7.01. The Morgan fingerprint density at radius 1 is 1.08 bits per heavy atom. The first kappa shape index (κ1) is 27.6. The van der Waals surface area contributed by atoms with Crippen molar-refractivity contribution >= 4 is 34.3 Å². The highest BCUT2D eigenvalue weighted by atomic mass is 127. The summed E-state index contributed by atoms with van der Waals surface area (Å²) in [6.45, 7) is 3.21. The van der Waals surface area contributed by atoms with Crippen molar-refractivity contribution in [2.24, 2.45) is 0 Å². The first-order valence-electron chi connectivity index (χ1n) is 11.3. The molecular weight excluding hydrogens is 619 g/mol. The van der Waals surface area contributed by atoms with E-state index in [2.05, 4.69) is 27.5 Å². The van der Waals surface area contributed by atoms with E-state index in [4.69, 9.17) is 14.6 Å². The molecule has 5 nitrogen and oxygen atoms in total. The number of carboxylic acid groups (broad SMARTS) is 1. The van der Waals surface area contributed by atoms with Crippen LogP contribution in [-0.4, -0.2) is 41.9 Å². The average Bonchev–Trinajstić information content (AvgIpc) is 2.77. The van der Waals surface area contributed by atoms with Crippen LogP contribution in [0.25, 0.3) is 5.57 Å². The Morgan fingerprint density at radius 3 is 2.41 bits per heavy atom. The fraction of sp³-hybridized carbons (Fsp3) is 0.400. The molecule has 0 aromatic heterocycles.